The van der Waals surface area contributed by atoms with Crippen LogP contribution < -0.4 is 5.46 Å². The van der Waals surface area contributed by atoms with Gasteiger partial charge in [-0.2, -0.15) is 13.2 Å². The predicted molar refractivity (Wildman–Crippen MR) is 36.8 cm³/mol. The molecule has 0 aromatic heterocycles. The van der Waals surface area contributed by atoms with Crippen LogP contribution in [0.3, 0.4) is 0 Å². The van der Waals surface area contributed by atoms with E-state index in [1.807, 2.05) is 0 Å². The molecule has 1 rings (SSSR count). The Morgan fingerprint density at radius 1 is 1.18 bits per heavy atom. The van der Waals surface area contributed by atoms with Gasteiger partial charge in [0.25, 0.3) is 0 Å². The summed E-state index contributed by atoms with van der Waals surface area (Å²) < 4.78 is 35.7. The number of hydrogen-bond donors (Lipinski definition) is 0. The van der Waals surface area contributed by atoms with Gasteiger partial charge in [0.05, 0.1) is 5.56 Å². The summed E-state index contributed by atoms with van der Waals surface area (Å²) in [7, 11) is 5.16. The molecule has 0 heterocycles. The molecule has 0 atom stereocenters. The van der Waals surface area contributed by atoms with Crippen molar-refractivity contribution in [2.24, 2.45) is 0 Å². The number of alkyl halides is 3. The van der Waals surface area contributed by atoms with Gasteiger partial charge in [0, 0.05) is 0 Å². The summed E-state index contributed by atoms with van der Waals surface area (Å²) in [4.78, 5) is 0. The van der Waals surface area contributed by atoms with Crippen molar-refractivity contribution in [2.75, 3.05) is 0 Å². The monoisotopic (exact) mass is 156 g/mol. The lowest BCUT2D eigenvalue weighted by atomic mass is 9.94. The Morgan fingerprint density at radius 3 is 2.18 bits per heavy atom. The van der Waals surface area contributed by atoms with Crippen molar-refractivity contribution < 1.29 is 13.2 Å². The number of benzene rings is 1. The normalized spacial score (nSPS) is 11.5. The molecule has 0 amide bonds. The lowest BCUT2D eigenvalue weighted by Crippen LogP contribution is -2.10. The third-order valence-electron chi connectivity index (χ3n) is 1.21. The van der Waals surface area contributed by atoms with Crippen LogP contribution in [-0.2, 0) is 6.18 Å². The lowest BCUT2D eigenvalue weighted by Gasteiger charge is -2.06. The Kier molecular flexibility index (Phi) is 1.93. The van der Waals surface area contributed by atoms with Gasteiger partial charge in [-0.15, -0.1) is 0 Å². The Morgan fingerprint density at radius 2 is 1.82 bits per heavy atom. The van der Waals surface area contributed by atoms with Crippen molar-refractivity contribution in [3.05, 3.63) is 29.8 Å². The SMILES string of the molecule is [B]c1cccc(C(F)(F)F)c1. The van der Waals surface area contributed by atoms with Crippen molar-refractivity contribution in [1.29, 1.82) is 0 Å². The van der Waals surface area contributed by atoms with E-state index in [4.69, 9.17) is 7.85 Å². The van der Waals surface area contributed by atoms with Gasteiger partial charge in [0.15, 0.2) is 0 Å². The first-order valence-electron chi connectivity index (χ1n) is 2.93. The molecule has 0 unspecified atom stereocenters. The lowest BCUT2D eigenvalue weighted by molar-refractivity contribution is -0.137. The number of rotatable bonds is 0. The van der Waals surface area contributed by atoms with Crippen LogP contribution >= 0.6 is 0 Å². The molecule has 0 saturated carbocycles. The second kappa shape index (κ2) is 2.60. The molecule has 4 heteroatoms. The standard InChI is InChI=1S/C7H4BF3/c8-6-3-1-2-5(4-6)7(9,10)11/h1-4H. The highest BCUT2D eigenvalue weighted by atomic mass is 19.4. The van der Waals surface area contributed by atoms with Crippen LogP contribution in [0.5, 0.6) is 0 Å². The summed E-state index contributed by atoms with van der Waals surface area (Å²) in [5, 5.41) is 0. The molecule has 11 heavy (non-hydrogen) atoms. The minimum Gasteiger partial charge on any atom is -0.166 e. The van der Waals surface area contributed by atoms with Crippen LogP contribution in [0.25, 0.3) is 0 Å². The molecule has 0 spiro atoms. The van der Waals surface area contributed by atoms with E-state index in [0.29, 0.717) is 0 Å². The molecule has 0 fully saturated rings. The van der Waals surface area contributed by atoms with Gasteiger partial charge in [-0.3, -0.25) is 0 Å². The first kappa shape index (κ1) is 8.17. The maximum atomic E-state index is 11.9. The molecular formula is C7H4BF3. The van der Waals surface area contributed by atoms with E-state index in [1.165, 1.54) is 12.1 Å². The highest BCUT2D eigenvalue weighted by molar-refractivity contribution is 6.32. The topological polar surface area (TPSA) is 0 Å². The zero-order valence-corrected chi connectivity index (χ0v) is 5.52. The van der Waals surface area contributed by atoms with E-state index in [1.54, 1.807) is 0 Å². The van der Waals surface area contributed by atoms with Gasteiger partial charge in [0.2, 0.25) is 0 Å². The van der Waals surface area contributed by atoms with Crippen LogP contribution in [0, 0.1) is 0 Å². The van der Waals surface area contributed by atoms with Crippen molar-refractivity contribution >= 4 is 13.3 Å². The minimum atomic E-state index is -4.30. The van der Waals surface area contributed by atoms with E-state index >= 15 is 0 Å². The predicted octanol–water partition coefficient (Wildman–Crippen LogP) is 1.50. The zero-order chi connectivity index (χ0) is 8.48. The summed E-state index contributed by atoms with van der Waals surface area (Å²) in [5.74, 6) is 0. The van der Waals surface area contributed by atoms with Crippen LogP contribution in [-0.4, -0.2) is 7.85 Å². The summed E-state index contributed by atoms with van der Waals surface area (Å²) in [5.41, 5.74) is -0.586. The number of halogens is 3. The molecular weight excluding hydrogens is 152 g/mol. The third kappa shape index (κ3) is 2.00. The number of hydrogen-bond acceptors (Lipinski definition) is 0. The summed E-state index contributed by atoms with van der Waals surface area (Å²) >= 11 is 0. The molecule has 0 aliphatic heterocycles. The van der Waals surface area contributed by atoms with Crippen LogP contribution in [0.1, 0.15) is 5.56 Å². The molecule has 0 bridgehead atoms. The largest absolute Gasteiger partial charge is 0.416 e. The fraction of sp³-hybridized carbons (Fsp3) is 0.143. The molecule has 0 N–H and O–H groups in total. The summed E-state index contributed by atoms with van der Waals surface area (Å²) in [6.45, 7) is 0. The average Bonchev–Trinajstić information content (AvgIpc) is 1.86. The molecule has 2 radical (unpaired) electrons. The van der Waals surface area contributed by atoms with Crippen molar-refractivity contribution in [3.63, 3.8) is 0 Å². The first-order valence-corrected chi connectivity index (χ1v) is 2.93. The fourth-order valence-corrected chi connectivity index (χ4v) is 0.715. The Labute approximate surface area is 63.4 Å². The Bertz CT molecular complexity index is 254. The van der Waals surface area contributed by atoms with Crippen molar-refractivity contribution in [2.45, 2.75) is 6.18 Å². The quantitative estimate of drug-likeness (QED) is 0.499. The molecule has 1 aromatic carbocycles. The second-order valence-corrected chi connectivity index (χ2v) is 2.12. The zero-order valence-electron chi connectivity index (χ0n) is 5.52. The maximum absolute atomic E-state index is 11.9. The maximum Gasteiger partial charge on any atom is 0.416 e. The second-order valence-electron chi connectivity index (χ2n) is 2.12. The van der Waals surface area contributed by atoms with Gasteiger partial charge in [0.1, 0.15) is 7.85 Å². The van der Waals surface area contributed by atoms with E-state index in [-0.39, 0.29) is 5.46 Å². The molecule has 0 nitrogen and oxygen atoms in total. The van der Waals surface area contributed by atoms with Crippen LogP contribution in [0.4, 0.5) is 13.2 Å². The van der Waals surface area contributed by atoms with E-state index in [9.17, 15) is 13.2 Å². The summed E-state index contributed by atoms with van der Waals surface area (Å²) in [6, 6.07) is 4.57. The van der Waals surface area contributed by atoms with Gasteiger partial charge in [-0.05, 0) is 0 Å². The van der Waals surface area contributed by atoms with Gasteiger partial charge in [-0.1, -0.05) is 29.7 Å². The van der Waals surface area contributed by atoms with E-state index in [0.717, 1.165) is 12.1 Å². The molecule has 56 valence electrons. The van der Waals surface area contributed by atoms with Crippen LogP contribution in [0.2, 0.25) is 0 Å². The van der Waals surface area contributed by atoms with Crippen molar-refractivity contribution in [1.82, 2.24) is 0 Å². The van der Waals surface area contributed by atoms with E-state index in [2.05, 4.69) is 0 Å². The minimum absolute atomic E-state index is 0.125. The van der Waals surface area contributed by atoms with Gasteiger partial charge in [-0.25, -0.2) is 0 Å². The third-order valence-corrected chi connectivity index (χ3v) is 1.21. The summed E-state index contributed by atoms with van der Waals surface area (Å²) in [6.07, 6.45) is -4.30. The van der Waals surface area contributed by atoms with Gasteiger partial charge < -0.3 is 0 Å². The average molecular weight is 156 g/mol. The molecule has 0 aliphatic rings. The van der Waals surface area contributed by atoms with Gasteiger partial charge >= 0.3 is 6.18 Å². The first-order chi connectivity index (χ1) is 5.00. The smallest absolute Gasteiger partial charge is 0.166 e. The highest BCUT2D eigenvalue weighted by Gasteiger charge is 2.29. The van der Waals surface area contributed by atoms with E-state index < -0.39 is 11.7 Å². The highest BCUT2D eigenvalue weighted by Crippen LogP contribution is 2.27. The Hall–Kier alpha value is -0.925. The van der Waals surface area contributed by atoms with Crippen LogP contribution in [0.15, 0.2) is 24.3 Å². The fourth-order valence-electron chi connectivity index (χ4n) is 0.715. The van der Waals surface area contributed by atoms with Crippen molar-refractivity contribution in [3.8, 4) is 0 Å². The molecule has 0 saturated heterocycles. The molecule has 0 aliphatic carbocycles. The Balaban J connectivity index is 3.06. The molecule has 1 aromatic rings.